The first-order valence-corrected chi connectivity index (χ1v) is 5.03. The quantitative estimate of drug-likeness (QED) is 0.437. The molecule has 0 saturated carbocycles. The largest absolute Gasteiger partial charge is 0.479 e. The molecule has 7 heteroatoms. The van der Waals surface area contributed by atoms with Gasteiger partial charge in [-0.1, -0.05) is 0 Å². The molecule has 0 aliphatic rings. The topological polar surface area (TPSA) is 102 Å². The van der Waals surface area contributed by atoms with E-state index in [1.54, 1.807) is 14.1 Å². The molecule has 0 aromatic carbocycles. The van der Waals surface area contributed by atoms with Crippen LogP contribution >= 0.6 is 0 Å². The van der Waals surface area contributed by atoms with E-state index in [9.17, 15) is 9.59 Å². The maximum absolute atomic E-state index is 11.4. The van der Waals surface area contributed by atoms with Crippen LogP contribution in [0.25, 0.3) is 0 Å². The van der Waals surface area contributed by atoms with Gasteiger partial charge in [-0.2, -0.15) is 0 Å². The van der Waals surface area contributed by atoms with E-state index in [2.05, 4.69) is 10.6 Å². The first kappa shape index (κ1) is 14.7. The van der Waals surface area contributed by atoms with Gasteiger partial charge in [0.15, 0.2) is 6.10 Å². The number of carboxylic acids is 1. The number of nitrogens with zero attached hydrogens (tertiary/aromatic N) is 1. The van der Waals surface area contributed by atoms with Gasteiger partial charge in [-0.05, 0) is 7.05 Å². The SMILES string of the molecule is CNCCN(C)C(=O)NCC[C@H](O)C(=O)O. The maximum Gasteiger partial charge on any atom is 0.332 e. The highest BCUT2D eigenvalue weighted by Gasteiger charge is 2.13. The van der Waals surface area contributed by atoms with Gasteiger partial charge in [0.2, 0.25) is 0 Å². The summed E-state index contributed by atoms with van der Waals surface area (Å²) in [4.78, 5) is 23.1. The summed E-state index contributed by atoms with van der Waals surface area (Å²) >= 11 is 0. The summed E-state index contributed by atoms with van der Waals surface area (Å²) in [7, 11) is 3.43. The molecule has 0 heterocycles. The van der Waals surface area contributed by atoms with Crippen molar-refractivity contribution in [3.8, 4) is 0 Å². The van der Waals surface area contributed by atoms with Crippen LogP contribution in [0.1, 0.15) is 6.42 Å². The van der Waals surface area contributed by atoms with E-state index in [0.717, 1.165) is 0 Å². The molecule has 0 bridgehead atoms. The lowest BCUT2D eigenvalue weighted by Crippen LogP contribution is -2.41. The molecule has 0 radical (unpaired) electrons. The van der Waals surface area contributed by atoms with Crippen LogP contribution in [-0.4, -0.2) is 66.9 Å². The van der Waals surface area contributed by atoms with Gasteiger partial charge in [0, 0.05) is 33.1 Å². The molecule has 0 fully saturated rings. The van der Waals surface area contributed by atoms with Crippen LogP contribution in [0.4, 0.5) is 4.79 Å². The number of aliphatic carboxylic acids is 1. The van der Waals surface area contributed by atoms with E-state index >= 15 is 0 Å². The van der Waals surface area contributed by atoms with Crippen LogP contribution in [0.3, 0.4) is 0 Å². The first-order valence-electron chi connectivity index (χ1n) is 5.03. The van der Waals surface area contributed by atoms with Crippen LogP contribution in [0, 0.1) is 0 Å². The van der Waals surface area contributed by atoms with Crippen molar-refractivity contribution in [3.63, 3.8) is 0 Å². The van der Waals surface area contributed by atoms with Gasteiger partial charge in [0.05, 0.1) is 0 Å². The van der Waals surface area contributed by atoms with E-state index in [-0.39, 0.29) is 19.0 Å². The molecule has 0 rings (SSSR count). The maximum atomic E-state index is 11.4. The molecule has 0 spiro atoms. The lowest BCUT2D eigenvalue weighted by Gasteiger charge is -2.17. The summed E-state index contributed by atoms with van der Waals surface area (Å²) in [6.07, 6.45) is -1.43. The molecule has 1 atom stereocenters. The van der Waals surface area contributed by atoms with Crippen molar-refractivity contribution in [3.05, 3.63) is 0 Å². The summed E-state index contributed by atoms with van der Waals surface area (Å²) in [5, 5.41) is 22.8. The van der Waals surface area contributed by atoms with E-state index in [1.165, 1.54) is 4.90 Å². The summed E-state index contributed by atoms with van der Waals surface area (Å²) in [5.41, 5.74) is 0. The van der Waals surface area contributed by atoms with E-state index < -0.39 is 12.1 Å². The van der Waals surface area contributed by atoms with Gasteiger partial charge in [-0.15, -0.1) is 0 Å². The van der Waals surface area contributed by atoms with Gasteiger partial charge < -0.3 is 25.7 Å². The van der Waals surface area contributed by atoms with Crippen LogP contribution in [-0.2, 0) is 4.79 Å². The smallest absolute Gasteiger partial charge is 0.332 e. The highest BCUT2D eigenvalue weighted by atomic mass is 16.4. The van der Waals surface area contributed by atoms with Crippen molar-refractivity contribution in [2.75, 3.05) is 33.7 Å². The zero-order chi connectivity index (χ0) is 12.6. The van der Waals surface area contributed by atoms with Gasteiger partial charge in [0.1, 0.15) is 0 Å². The number of likely N-dealkylation sites (N-methyl/N-ethyl adjacent to an activating group) is 2. The first-order chi connectivity index (χ1) is 7.49. The number of carbonyl (C=O) groups excluding carboxylic acids is 1. The lowest BCUT2D eigenvalue weighted by atomic mass is 10.2. The van der Waals surface area contributed by atoms with Gasteiger partial charge >= 0.3 is 12.0 Å². The Balaban J connectivity index is 3.68. The predicted octanol–water partition coefficient (Wildman–Crippen LogP) is -1.32. The van der Waals surface area contributed by atoms with Gasteiger partial charge in [-0.25, -0.2) is 9.59 Å². The molecule has 2 amide bonds. The monoisotopic (exact) mass is 233 g/mol. The van der Waals surface area contributed by atoms with Crippen molar-refractivity contribution < 1.29 is 19.8 Å². The molecule has 0 unspecified atom stereocenters. The fraction of sp³-hybridized carbons (Fsp3) is 0.778. The second-order valence-corrected chi connectivity index (χ2v) is 3.40. The average Bonchev–Trinajstić information content (AvgIpc) is 2.25. The molecule has 0 aromatic rings. The Labute approximate surface area is 94.4 Å². The zero-order valence-corrected chi connectivity index (χ0v) is 9.56. The van der Waals surface area contributed by atoms with E-state index in [1.807, 2.05) is 0 Å². The predicted molar refractivity (Wildman–Crippen MR) is 58.2 cm³/mol. The molecule has 0 aliphatic carbocycles. The summed E-state index contributed by atoms with van der Waals surface area (Å²) < 4.78 is 0. The summed E-state index contributed by atoms with van der Waals surface area (Å²) in [6, 6.07) is -0.284. The second-order valence-electron chi connectivity index (χ2n) is 3.40. The van der Waals surface area contributed by atoms with E-state index in [0.29, 0.717) is 13.1 Å². The number of aliphatic hydroxyl groups excluding tert-OH is 1. The van der Waals surface area contributed by atoms with Crippen molar-refractivity contribution in [2.24, 2.45) is 0 Å². The highest BCUT2D eigenvalue weighted by Crippen LogP contribution is 1.90. The molecule has 0 aromatic heterocycles. The molecule has 94 valence electrons. The van der Waals surface area contributed by atoms with Crippen molar-refractivity contribution in [1.29, 1.82) is 0 Å². The van der Waals surface area contributed by atoms with Gasteiger partial charge in [0.25, 0.3) is 0 Å². The summed E-state index contributed by atoms with van der Waals surface area (Å²) in [6.45, 7) is 1.38. The van der Waals surface area contributed by atoms with Gasteiger partial charge in [-0.3, -0.25) is 0 Å². The Morgan fingerprint density at radius 2 is 2.00 bits per heavy atom. The minimum atomic E-state index is -1.43. The van der Waals surface area contributed by atoms with Crippen LogP contribution in [0.15, 0.2) is 0 Å². The zero-order valence-electron chi connectivity index (χ0n) is 9.56. The Kier molecular flexibility index (Phi) is 7.23. The molecule has 0 saturated heterocycles. The normalized spacial score (nSPS) is 11.9. The number of nitrogens with one attached hydrogen (secondary N) is 2. The standard InChI is InChI=1S/C9H19N3O4/c1-10-5-6-12(2)9(16)11-4-3-7(13)8(14)15/h7,10,13H,3-6H2,1-2H3,(H,11,16)(H,14,15)/t7-/m0/s1. The van der Waals surface area contributed by atoms with Crippen LogP contribution in [0.2, 0.25) is 0 Å². The Morgan fingerprint density at radius 3 is 2.50 bits per heavy atom. The summed E-state index contributed by atoms with van der Waals surface area (Å²) in [5.74, 6) is -1.28. The van der Waals surface area contributed by atoms with Crippen molar-refractivity contribution >= 4 is 12.0 Å². The van der Waals surface area contributed by atoms with Crippen LogP contribution < -0.4 is 10.6 Å². The lowest BCUT2D eigenvalue weighted by molar-refractivity contribution is -0.146. The number of carboxylic acid groups (broad SMARTS) is 1. The molecule has 7 nitrogen and oxygen atoms in total. The highest BCUT2D eigenvalue weighted by molar-refractivity contribution is 5.74. The minimum Gasteiger partial charge on any atom is -0.479 e. The number of rotatable bonds is 7. The number of aliphatic hydroxyl groups is 1. The molecule has 16 heavy (non-hydrogen) atoms. The van der Waals surface area contributed by atoms with Crippen molar-refractivity contribution in [2.45, 2.75) is 12.5 Å². The molecule has 0 aliphatic heterocycles. The van der Waals surface area contributed by atoms with Crippen molar-refractivity contribution in [1.82, 2.24) is 15.5 Å². The Morgan fingerprint density at radius 1 is 1.38 bits per heavy atom. The average molecular weight is 233 g/mol. The molecular formula is C9H19N3O4. The third kappa shape index (κ3) is 6.20. The third-order valence-electron chi connectivity index (χ3n) is 2.02. The number of urea groups is 1. The number of hydrogen-bond donors (Lipinski definition) is 4. The Hall–Kier alpha value is -1.34. The molecular weight excluding hydrogens is 214 g/mol. The fourth-order valence-corrected chi connectivity index (χ4v) is 0.955. The number of hydrogen-bond acceptors (Lipinski definition) is 4. The molecule has 4 N–H and O–H groups in total. The van der Waals surface area contributed by atoms with E-state index in [4.69, 9.17) is 10.2 Å². The fourth-order valence-electron chi connectivity index (χ4n) is 0.955. The number of amides is 2. The minimum absolute atomic E-state index is 0.000934. The number of carbonyl (C=O) groups is 2. The second kappa shape index (κ2) is 7.89. The third-order valence-corrected chi connectivity index (χ3v) is 2.02. The Bertz CT molecular complexity index is 235. The van der Waals surface area contributed by atoms with Crippen LogP contribution in [0.5, 0.6) is 0 Å².